The van der Waals surface area contributed by atoms with Gasteiger partial charge in [-0.3, -0.25) is 4.79 Å². The second-order valence-corrected chi connectivity index (χ2v) is 6.40. The largest absolute Gasteiger partial charge is 0.372 e. The Bertz CT molecular complexity index is 709. The molecule has 0 unspecified atom stereocenters. The second-order valence-electron chi connectivity index (χ2n) is 5.99. The molecule has 1 saturated heterocycles. The molecule has 0 bridgehead atoms. The highest BCUT2D eigenvalue weighted by Gasteiger charge is 2.11. The fourth-order valence-electron chi connectivity index (χ4n) is 2.89. The number of amides is 1. The van der Waals surface area contributed by atoms with Gasteiger partial charge in [0.15, 0.2) is 0 Å². The molecule has 0 spiro atoms. The molecule has 0 aliphatic carbocycles. The van der Waals surface area contributed by atoms with Gasteiger partial charge in [0.2, 0.25) is 5.91 Å². The van der Waals surface area contributed by atoms with E-state index in [0.717, 1.165) is 18.8 Å². The van der Waals surface area contributed by atoms with Crippen molar-refractivity contribution >= 4 is 34.7 Å². The number of anilines is 3. The summed E-state index contributed by atoms with van der Waals surface area (Å²) in [6.07, 6.45) is 6.57. The minimum absolute atomic E-state index is 0.294. The Labute approximate surface area is 146 Å². The number of nitrogens with two attached hydrogens (primary N) is 1. The lowest BCUT2D eigenvalue weighted by Crippen LogP contribution is -2.23. The van der Waals surface area contributed by atoms with Crippen molar-refractivity contribution in [3.05, 3.63) is 47.1 Å². The SMILES string of the molecule is NC(=O)c1cnc(Nc2ccc(N3CCCCCC3)cc2)c(Cl)c1. The summed E-state index contributed by atoms with van der Waals surface area (Å²) in [4.78, 5) is 17.7. The molecule has 3 rings (SSSR count). The molecule has 24 heavy (non-hydrogen) atoms. The molecular weight excluding hydrogens is 324 g/mol. The van der Waals surface area contributed by atoms with Crippen LogP contribution in [0.3, 0.4) is 0 Å². The quantitative estimate of drug-likeness (QED) is 0.880. The standard InChI is InChI=1S/C18H21ClN4O/c19-16-11-13(17(20)24)12-21-18(16)22-14-5-7-15(8-6-14)23-9-3-1-2-4-10-23/h5-8,11-12H,1-4,9-10H2,(H2,20,24)(H,21,22). The first-order valence-electron chi connectivity index (χ1n) is 8.21. The maximum Gasteiger partial charge on any atom is 0.250 e. The number of halogens is 1. The summed E-state index contributed by atoms with van der Waals surface area (Å²) in [5.74, 6) is -0.0399. The number of benzene rings is 1. The zero-order valence-electron chi connectivity index (χ0n) is 13.5. The molecule has 0 radical (unpaired) electrons. The summed E-state index contributed by atoms with van der Waals surface area (Å²) < 4.78 is 0. The molecular formula is C18H21ClN4O. The Morgan fingerprint density at radius 1 is 1.12 bits per heavy atom. The van der Waals surface area contributed by atoms with E-state index in [1.165, 1.54) is 43.6 Å². The van der Waals surface area contributed by atoms with Gasteiger partial charge >= 0.3 is 0 Å². The molecule has 6 heteroatoms. The first-order valence-corrected chi connectivity index (χ1v) is 8.59. The fraction of sp³-hybridized carbons (Fsp3) is 0.333. The van der Waals surface area contributed by atoms with Crippen molar-refractivity contribution < 1.29 is 4.79 Å². The molecule has 3 N–H and O–H groups in total. The number of aromatic nitrogens is 1. The van der Waals surface area contributed by atoms with E-state index in [2.05, 4.69) is 27.3 Å². The number of pyridine rings is 1. The molecule has 5 nitrogen and oxygen atoms in total. The number of hydrogen-bond acceptors (Lipinski definition) is 4. The van der Waals surface area contributed by atoms with Crippen LogP contribution in [-0.4, -0.2) is 24.0 Å². The van der Waals surface area contributed by atoms with Crippen molar-refractivity contribution in [1.29, 1.82) is 0 Å². The van der Waals surface area contributed by atoms with E-state index in [1.54, 1.807) is 0 Å². The van der Waals surface area contributed by atoms with E-state index < -0.39 is 5.91 Å². The van der Waals surface area contributed by atoms with Gasteiger partial charge in [-0.1, -0.05) is 24.4 Å². The number of rotatable bonds is 4. The van der Waals surface area contributed by atoms with E-state index in [4.69, 9.17) is 17.3 Å². The zero-order valence-corrected chi connectivity index (χ0v) is 14.2. The van der Waals surface area contributed by atoms with E-state index in [9.17, 15) is 4.79 Å². The third-order valence-corrected chi connectivity index (χ3v) is 4.52. The van der Waals surface area contributed by atoms with Crippen molar-refractivity contribution in [2.75, 3.05) is 23.3 Å². The lowest BCUT2D eigenvalue weighted by atomic mass is 10.2. The minimum Gasteiger partial charge on any atom is -0.372 e. The molecule has 1 aliphatic rings. The molecule has 1 amide bonds. The first-order chi connectivity index (χ1) is 11.6. The topological polar surface area (TPSA) is 71.2 Å². The fourth-order valence-corrected chi connectivity index (χ4v) is 3.10. The van der Waals surface area contributed by atoms with Crippen molar-refractivity contribution in [1.82, 2.24) is 4.98 Å². The lowest BCUT2D eigenvalue weighted by molar-refractivity contribution is 0.1000. The maximum atomic E-state index is 11.1. The third-order valence-electron chi connectivity index (χ3n) is 4.23. The van der Waals surface area contributed by atoms with Gasteiger partial charge in [0.25, 0.3) is 0 Å². The highest BCUT2D eigenvalue weighted by molar-refractivity contribution is 6.33. The van der Waals surface area contributed by atoms with Crippen LogP contribution in [0.15, 0.2) is 36.5 Å². The van der Waals surface area contributed by atoms with Crippen molar-refractivity contribution in [3.8, 4) is 0 Å². The van der Waals surface area contributed by atoms with E-state index in [-0.39, 0.29) is 0 Å². The molecule has 1 aliphatic heterocycles. The molecule has 0 saturated carbocycles. The van der Waals surface area contributed by atoms with E-state index >= 15 is 0 Å². The van der Waals surface area contributed by atoms with Gasteiger partial charge in [-0.05, 0) is 43.2 Å². The van der Waals surface area contributed by atoms with Gasteiger partial charge in [0.05, 0.1) is 10.6 Å². The van der Waals surface area contributed by atoms with Gasteiger partial charge in [-0.2, -0.15) is 0 Å². The molecule has 1 fully saturated rings. The van der Waals surface area contributed by atoms with Crippen molar-refractivity contribution in [2.24, 2.45) is 5.73 Å². The average molecular weight is 345 g/mol. The highest BCUT2D eigenvalue weighted by Crippen LogP contribution is 2.26. The Morgan fingerprint density at radius 3 is 2.38 bits per heavy atom. The van der Waals surface area contributed by atoms with Crippen LogP contribution >= 0.6 is 11.6 Å². The molecule has 2 aromatic rings. The van der Waals surface area contributed by atoms with Crippen LogP contribution in [0.2, 0.25) is 5.02 Å². The second kappa shape index (κ2) is 7.53. The van der Waals surface area contributed by atoms with Crippen LogP contribution in [-0.2, 0) is 0 Å². The highest BCUT2D eigenvalue weighted by atomic mass is 35.5. The van der Waals surface area contributed by atoms with Crippen LogP contribution in [0.5, 0.6) is 0 Å². The monoisotopic (exact) mass is 344 g/mol. The van der Waals surface area contributed by atoms with Gasteiger partial charge in [-0.25, -0.2) is 4.98 Å². The summed E-state index contributed by atoms with van der Waals surface area (Å²) in [5.41, 5.74) is 7.65. The predicted molar refractivity (Wildman–Crippen MR) is 98.2 cm³/mol. The first kappa shape index (κ1) is 16.6. The predicted octanol–water partition coefficient (Wildman–Crippen LogP) is 3.96. The molecule has 126 valence electrons. The number of primary amides is 1. The lowest BCUT2D eigenvalue weighted by Gasteiger charge is -2.22. The smallest absolute Gasteiger partial charge is 0.250 e. The summed E-state index contributed by atoms with van der Waals surface area (Å²) in [7, 11) is 0. The van der Waals surface area contributed by atoms with Gasteiger partial charge in [0.1, 0.15) is 5.82 Å². The number of carbonyl (C=O) groups is 1. The van der Waals surface area contributed by atoms with E-state index in [0.29, 0.717) is 16.4 Å². The summed E-state index contributed by atoms with van der Waals surface area (Å²) >= 11 is 6.15. The Morgan fingerprint density at radius 2 is 1.79 bits per heavy atom. The molecule has 1 aromatic carbocycles. The van der Waals surface area contributed by atoms with E-state index in [1.807, 2.05) is 12.1 Å². The summed E-state index contributed by atoms with van der Waals surface area (Å²) in [5, 5.41) is 3.53. The third kappa shape index (κ3) is 3.97. The minimum atomic E-state index is -0.544. The Kier molecular flexibility index (Phi) is 5.20. The molecule has 0 atom stereocenters. The van der Waals surface area contributed by atoms with Crippen LogP contribution < -0.4 is 16.0 Å². The summed E-state index contributed by atoms with van der Waals surface area (Å²) in [6.45, 7) is 2.24. The van der Waals surface area contributed by atoms with Gasteiger partial charge in [-0.15, -0.1) is 0 Å². The number of nitrogens with zero attached hydrogens (tertiary/aromatic N) is 2. The van der Waals surface area contributed by atoms with Crippen LogP contribution in [0.25, 0.3) is 0 Å². The van der Waals surface area contributed by atoms with Gasteiger partial charge < -0.3 is 16.0 Å². The summed E-state index contributed by atoms with van der Waals surface area (Å²) in [6, 6.07) is 9.77. The maximum absolute atomic E-state index is 11.1. The van der Waals surface area contributed by atoms with Crippen molar-refractivity contribution in [3.63, 3.8) is 0 Å². The van der Waals surface area contributed by atoms with Crippen LogP contribution in [0.4, 0.5) is 17.2 Å². The average Bonchev–Trinajstić information content (AvgIpc) is 2.86. The number of hydrogen-bond donors (Lipinski definition) is 2. The molecule has 1 aromatic heterocycles. The zero-order chi connectivity index (χ0) is 16.9. The number of carbonyl (C=O) groups excluding carboxylic acids is 1. The van der Waals surface area contributed by atoms with Crippen LogP contribution in [0, 0.1) is 0 Å². The Hall–Kier alpha value is -2.27. The van der Waals surface area contributed by atoms with Crippen molar-refractivity contribution in [2.45, 2.75) is 25.7 Å². The molecule has 2 heterocycles. The van der Waals surface area contributed by atoms with Gasteiger partial charge in [0, 0.05) is 30.7 Å². The normalized spacial score (nSPS) is 15.0. The number of nitrogens with one attached hydrogen (secondary N) is 1. The Balaban J connectivity index is 1.71. The van der Waals surface area contributed by atoms with Crippen LogP contribution in [0.1, 0.15) is 36.0 Å².